The summed E-state index contributed by atoms with van der Waals surface area (Å²) in [6, 6.07) is 8.37. The van der Waals surface area contributed by atoms with Gasteiger partial charge in [-0.25, -0.2) is 9.97 Å². The molecule has 3 heterocycles. The number of hydrogen-bond donors (Lipinski definition) is 1. The van der Waals surface area contributed by atoms with Gasteiger partial charge in [0.05, 0.1) is 18.0 Å². The van der Waals surface area contributed by atoms with Gasteiger partial charge in [-0.15, -0.1) is 0 Å². The number of anilines is 1. The van der Waals surface area contributed by atoms with Gasteiger partial charge in [0.15, 0.2) is 5.65 Å². The minimum absolute atomic E-state index is 0.0322. The number of aromatic nitrogens is 3. The fraction of sp³-hybridized carbons (Fsp3) is 0.263. The average molecular weight is 320 g/mol. The maximum absolute atomic E-state index is 9.60. The molecule has 5 nitrogen and oxygen atoms in total. The van der Waals surface area contributed by atoms with Crippen molar-refractivity contribution in [1.82, 2.24) is 14.5 Å². The van der Waals surface area contributed by atoms with Gasteiger partial charge in [-0.05, 0) is 39.0 Å². The minimum Gasteiger partial charge on any atom is -0.394 e. The van der Waals surface area contributed by atoms with Crippen LogP contribution in [0.3, 0.4) is 0 Å². The van der Waals surface area contributed by atoms with E-state index in [-0.39, 0.29) is 12.6 Å². The highest BCUT2D eigenvalue weighted by Crippen LogP contribution is 2.38. The van der Waals surface area contributed by atoms with Crippen molar-refractivity contribution in [3.05, 3.63) is 53.6 Å². The van der Waals surface area contributed by atoms with Gasteiger partial charge in [-0.2, -0.15) is 0 Å². The van der Waals surface area contributed by atoms with Crippen LogP contribution in [0.2, 0.25) is 0 Å². The lowest BCUT2D eigenvalue weighted by Gasteiger charge is -2.32. The molecule has 0 saturated carbocycles. The van der Waals surface area contributed by atoms with Crippen LogP contribution in [0.1, 0.15) is 25.0 Å². The van der Waals surface area contributed by atoms with E-state index in [0.717, 1.165) is 33.8 Å². The lowest BCUT2D eigenvalue weighted by molar-refractivity contribution is 0.270. The smallest absolute Gasteiger partial charge is 0.150 e. The van der Waals surface area contributed by atoms with E-state index in [1.165, 1.54) is 5.56 Å². The molecule has 0 saturated heterocycles. The monoisotopic (exact) mass is 320 g/mol. The zero-order valence-corrected chi connectivity index (χ0v) is 14.1. The van der Waals surface area contributed by atoms with Crippen molar-refractivity contribution >= 4 is 22.9 Å². The highest BCUT2D eigenvalue weighted by molar-refractivity contribution is 6.00. The van der Waals surface area contributed by atoms with Gasteiger partial charge in [0.2, 0.25) is 0 Å². The predicted octanol–water partition coefficient (Wildman–Crippen LogP) is 3.29. The lowest BCUT2D eigenvalue weighted by Crippen LogP contribution is -2.35. The summed E-state index contributed by atoms with van der Waals surface area (Å²) in [4.78, 5) is 11.1. The molecule has 0 aliphatic carbocycles. The van der Waals surface area contributed by atoms with E-state index in [1.807, 2.05) is 13.8 Å². The average Bonchev–Trinajstić information content (AvgIpc) is 2.95. The standard InChI is InChI=1S/C19H20N4O/c1-12-4-6-16(7-5-12)22-9-15-8-13(2)23(14(3)10-24)19-17(15)18(22)20-11-21-19/h4-9,11,14,24H,10H2,1-3H3/t14-/m0/s1. The fourth-order valence-corrected chi connectivity index (χ4v) is 3.37. The summed E-state index contributed by atoms with van der Waals surface area (Å²) in [5.74, 6) is 0.863. The van der Waals surface area contributed by atoms with E-state index in [0.29, 0.717) is 0 Å². The van der Waals surface area contributed by atoms with Crippen molar-refractivity contribution in [2.75, 3.05) is 11.5 Å². The Morgan fingerprint density at radius 1 is 1.12 bits per heavy atom. The molecule has 0 radical (unpaired) electrons. The maximum Gasteiger partial charge on any atom is 0.150 e. The number of benzene rings is 1. The molecule has 3 aromatic rings. The molecule has 122 valence electrons. The first-order valence-corrected chi connectivity index (χ1v) is 8.11. The third kappa shape index (κ3) is 2.12. The summed E-state index contributed by atoms with van der Waals surface area (Å²) in [7, 11) is 0. The quantitative estimate of drug-likeness (QED) is 0.804. The molecule has 1 atom stereocenters. The highest BCUT2D eigenvalue weighted by atomic mass is 16.3. The zero-order chi connectivity index (χ0) is 16.8. The van der Waals surface area contributed by atoms with Gasteiger partial charge in [-0.1, -0.05) is 17.7 Å². The molecule has 1 aliphatic rings. The Morgan fingerprint density at radius 3 is 2.58 bits per heavy atom. The molecule has 1 aliphatic heterocycles. The molecule has 0 fully saturated rings. The van der Waals surface area contributed by atoms with Gasteiger partial charge in [-0.3, -0.25) is 0 Å². The second kappa shape index (κ2) is 5.46. The third-order valence-corrected chi connectivity index (χ3v) is 4.58. The van der Waals surface area contributed by atoms with Gasteiger partial charge < -0.3 is 14.6 Å². The number of rotatable bonds is 3. The number of hydrogen-bond acceptors (Lipinski definition) is 4. The highest BCUT2D eigenvalue weighted by Gasteiger charge is 2.27. The Labute approximate surface area is 140 Å². The molecule has 1 N–H and O–H groups in total. The summed E-state index contributed by atoms with van der Waals surface area (Å²) >= 11 is 0. The van der Waals surface area contributed by atoms with Gasteiger partial charge in [0, 0.05) is 23.1 Å². The van der Waals surface area contributed by atoms with Crippen molar-refractivity contribution < 1.29 is 5.11 Å². The number of aliphatic hydroxyl groups is 1. The van der Waals surface area contributed by atoms with E-state index in [9.17, 15) is 5.11 Å². The molecule has 0 unspecified atom stereocenters. The van der Waals surface area contributed by atoms with Crippen LogP contribution in [0.4, 0.5) is 5.82 Å². The topological polar surface area (TPSA) is 54.2 Å². The van der Waals surface area contributed by atoms with Crippen LogP contribution < -0.4 is 4.90 Å². The summed E-state index contributed by atoms with van der Waals surface area (Å²) in [5.41, 5.74) is 5.38. The van der Waals surface area contributed by atoms with Gasteiger partial charge in [0.25, 0.3) is 0 Å². The van der Waals surface area contributed by atoms with Gasteiger partial charge >= 0.3 is 0 Å². The first kappa shape index (κ1) is 14.9. The van der Waals surface area contributed by atoms with E-state index in [2.05, 4.69) is 62.9 Å². The second-order valence-corrected chi connectivity index (χ2v) is 6.37. The fourth-order valence-electron chi connectivity index (χ4n) is 3.37. The minimum atomic E-state index is -0.0322. The Hall–Kier alpha value is -2.66. The summed E-state index contributed by atoms with van der Waals surface area (Å²) < 4.78 is 2.10. The van der Waals surface area contributed by atoms with Crippen LogP contribution >= 0.6 is 0 Å². The summed E-state index contributed by atoms with van der Waals surface area (Å²) in [6.07, 6.45) is 5.84. The Morgan fingerprint density at radius 2 is 1.88 bits per heavy atom. The van der Waals surface area contributed by atoms with E-state index < -0.39 is 0 Å². The maximum atomic E-state index is 9.60. The van der Waals surface area contributed by atoms with Crippen molar-refractivity contribution in [2.24, 2.45) is 0 Å². The molecule has 5 heteroatoms. The van der Waals surface area contributed by atoms with Crippen LogP contribution in [-0.2, 0) is 0 Å². The zero-order valence-electron chi connectivity index (χ0n) is 14.1. The lowest BCUT2D eigenvalue weighted by atomic mass is 10.1. The summed E-state index contributed by atoms with van der Waals surface area (Å²) in [5, 5.41) is 10.6. The first-order chi connectivity index (χ1) is 11.6. The second-order valence-electron chi connectivity index (χ2n) is 6.37. The Bertz CT molecular complexity index is 940. The van der Waals surface area contributed by atoms with E-state index in [1.54, 1.807) is 6.33 Å². The van der Waals surface area contributed by atoms with Crippen LogP contribution in [-0.4, -0.2) is 32.3 Å². The van der Waals surface area contributed by atoms with Gasteiger partial charge in [0.1, 0.15) is 12.1 Å². The molecule has 4 rings (SSSR count). The van der Waals surface area contributed by atoms with Crippen molar-refractivity contribution in [3.8, 4) is 5.69 Å². The van der Waals surface area contributed by atoms with Crippen molar-refractivity contribution in [2.45, 2.75) is 26.8 Å². The molecule has 24 heavy (non-hydrogen) atoms. The number of nitrogens with zero attached hydrogens (tertiary/aromatic N) is 4. The first-order valence-electron chi connectivity index (χ1n) is 8.11. The normalized spacial score (nSPS) is 14.8. The molecule has 2 aromatic heterocycles. The largest absolute Gasteiger partial charge is 0.394 e. The van der Waals surface area contributed by atoms with Crippen LogP contribution in [0, 0.1) is 6.92 Å². The Balaban J connectivity index is 1.97. The molecule has 0 spiro atoms. The molecular weight excluding hydrogens is 300 g/mol. The number of aliphatic hydroxyl groups excluding tert-OH is 1. The van der Waals surface area contributed by atoms with Crippen molar-refractivity contribution in [1.29, 1.82) is 0 Å². The van der Waals surface area contributed by atoms with Crippen LogP contribution in [0.5, 0.6) is 0 Å². The number of allylic oxidation sites excluding steroid dienone is 1. The Kier molecular flexibility index (Phi) is 3.39. The van der Waals surface area contributed by atoms with E-state index >= 15 is 0 Å². The molecule has 1 aromatic carbocycles. The number of aryl methyl sites for hydroxylation is 1. The molecular formula is C19H20N4O. The van der Waals surface area contributed by atoms with Crippen LogP contribution in [0.25, 0.3) is 22.8 Å². The van der Waals surface area contributed by atoms with E-state index in [4.69, 9.17) is 0 Å². The molecule has 0 amide bonds. The predicted molar refractivity (Wildman–Crippen MR) is 96.3 cm³/mol. The third-order valence-electron chi connectivity index (χ3n) is 4.58. The molecule has 0 bridgehead atoms. The SMILES string of the molecule is CC1=Cc2cn(-c3ccc(C)cc3)c3ncnc(c23)N1[C@@H](C)CO. The van der Waals surface area contributed by atoms with Crippen molar-refractivity contribution in [3.63, 3.8) is 0 Å². The summed E-state index contributed by atoms with van der Waals surface area (Å²) in [6.45, 7) is 6.20. The van der Waals surface area contributed by atoms with Crippen LogP contribution in [0.15, 0.2) is 42.5 Å².